The number of nitrogens with one attached hydrogen (secondary N) is 4. The van der Waals surface area contributed by atoms with E-state index in [0.717, 1.165) is 11.1 Å². The summed E-state index contributed by atoms with van der Waals surface area (Å²) >= 11 is 0. The first-order valence-corrected chi connectivity index (χ1v) is 9.64. The first-order chi connectivity index (χ1) is 14.8. The van der Waals surface area contributed by atoms with Gasteiger partial charge >= 0.3 is 0 Å². The maximum Gasteiger partial charge on any atom is 0.258 e. The van der Waals surface area contributed by atoms with Gasteiger partial charge in [0.2, 0.25) is 17.8 Å². The van der Waals surface area contributed by atoms with Crippen LogP contribution in [-0.4, -0.2) is 21.8 Å². The molecule has 2 amide bonds. The largest absolute Gasteiger partial charge is 0.326 e. The van der Waals surface area contributed by atoms with Crippen LogP contribution in [0.2, 0.25) is 0 Å². The van der Waals surface area contributed by atoms with Crippen LogP contribution in [-0.2, 0) is 9.59 Å². The number of carbonyl (C=O) groups is 2. The molecule has 158 valence electrons. The molecule has 4 rings (SSSR count). The number of nitrogens with zero attached hydrogens (tertiary/aromatic N) is 1. The summed E-state index contributed by atoms with van der Waals surface area (Å²) in [6.45, 7) is 3.83. The highest BCUT2D eigenvalue weighted by molar-refractivity contribution is 6.04. The van der Waals surface area contributed by atoms with E-state index in [1.165, 1.54) is 24.3 Å². The average molecular weight is 421 g/mol. The van der Waals surface area contributed by atoms with Crippen LogP contribution in [0.5, 0.6) is 0 Å². The molecular weight excluding hydrogens is 401 g/mol. The van der Waals surface area contributed by atoms with E-state index in [1.807, 2.05) is 32.0 Å². The molecule has 0 spiro atoms. The van der Waals surface area contributed by atoms with E-state index in [-0.39, 0.29) is 23.8 Å². The fourth-order valence-electron chi connectivity index (χ4n) is 3.60. The summed E-state index contributed by atoms with van der Waals surface area (Å²) in [7, 11) is 0. The zero-order chi connectivity index (χ0) is 22.1. The highest BCUT2D eigenvalue weighted by atomic mass is 19.1. The molecule has 1 atom stereocenters. The van der Waals surface area contributed by atoms with Gasteiger partial charge in [0.1, 0.15) is 11.6 Å². The van der Waals surface area contributed by atoms with Crippen molar-refractivity contribution in [2.45, 2.75) is 26.2 Å². The molecule has 31 heavy (non-hydrogen) atoms. The number of anilines is 4. The molecular formula is C22H20FN5O3. The number of aromatic nitrogens is 2. The summed E-state index contributed by atoms with van der Waals surface area (Å²) < 4.78 is 13.1. The number of halogens is 1. The number of aromatic amines is 1. The molecule has 1 aliphatic rings. The van der Waals surface area contributed by atoms with Crippen LogP contribution >= 0.6 is 0 Å². The number of carbonyl (C=O) groups excluding carboxylic acids is 2. The molecule has 9 heteroatoms. The molecule has 1 aromatic heterocycles. The molecule has 0 saturated heterocycles. The van der Waals surface area contributed by atoms with Gasteiger partial charge in [0.15, 0.2) is 0 Å². The van der Waals surface area contributed by atoms with E-state index in [9.17, 15) is 18.8 Å². The minimum atomic E-state index is -0.985. The minimum absolute atomic E-state index is 0.0187. The summed E-state index contributed by atoms with van der Waals surface area (Å²) in [5.41, 5.74) is 2.59. The third-order valence-corrected chi connectivity index (χ3v) is 4.86. The van der Waals surface area contributed by atoms with Gasteiger partial charge in [0.25, 0.3) is 5.56 Å². The lowest BCUT2D eigenvalue weighted by atomic mass is 9.92. The SMILES string of the molecule is Cc1cc(C)cc(NC(=O)[C@H]2CC(=O)Nc3nc(Nc4ccc(F)cc4)[nH]c(=O)c32)c1. The number of hydrogen-bond donors (Lipinski definition) is 4. The van der Waals surface area contributed by atoms with E-state index in [2.05, 4.69) is 25.9 Å². The van der Waals surface area contributed by atoms with Crippen molar-refractivity contribution >= 4 is 35.0 Å². The Labute approximate surface area is 176 Å². The molecule has 1 aliphatic heterocycles. The first kappa shape index (κ1) is 20.3. The number of rotatable bonds is 4. The van der Waals surface area contributed by atoms with Crippen molar-refractivity contribution in [3.05, 3.63) is 75.3 Å². The molecule has 0 aliphatic carbocycles. The summed E-state index contributed by atoms with van der Waals surface area (Å²) in [6.07, 6.45) is -0.168. The second kappa shape index (κ2) is 8.02. The fraction of sp³-hybridized carbons (Fsp3) is 0.182. The van der Waals surface area contributed by atoms with Crippen LogP contribution in [0.3, 0.4) is 0 Å². The molecule has 8 nitrogen and oxygen atoms in total. The molecule has 2 heterocycles. The van der Waals surface area contributed by atoms with Crippen molar-refractivity contribution in [1.82, 2.24) is 9.97 Å². The molecule has 0 fully saturated rings. The van der Waals surface area contributed by atoms with Crippen LogP contribution in [0, 0.1) is 19.7 Å². The summed E-state index contributed by atoms with van der Waals surface area (Å²) in [5, 5.41) is 8.19. The fourth-order valence-corrected chi connectivity index (χ4v) is 3.60. The van der Waals surface area contributed by atoms with Gasteiger partial charge in [0.05, 0.1) is 11.5 Å². The van der Waals surface area contributed by atoms with E-state index in [4.69, 9.17) is 0 Å². The summed E-state index contributed by atoms with van der Waals surface area (Å²) in [5.74, 6) is -2.19. The van der Waals surface area contributed by atoms with E-state index >= 15 is 0 Å². The third-order valence-electron chi connectivity index (χ3n) is 4.86. The van der Waals surface area contributed by atoms with Gasteiger partial charge in [-0.15, -0.1) is 0 Å². The van der Waals surface area contributed by atoms with E-state index < -0.39 is 29.1 Å². The van der Waals surface area contributed by atoms with Gasteiger partial charge in [0, 0.05) is 17.8 Å². The number of H-pyrrole nitrogens is 1. The Morgan fingerprint density at radius 2 is 1.74 bits per heavy atom. The molecule has 4 N–H and O–H groups in total. The summed E-state index contributed by atoms with van der Waals surface area (Å²) in [4.78, 5) is 44.7. The van der Waals surface area contributed by atoms with Crippen LogP contribution in [0.1, 0.15) is 29.0 Å². The van der Waals surface area contributed by atoms with Crippen molar-refractivity contribution < 1.29 is 14.0 Å². The lowest BCUT2D eigenvalue weighted by Gasteiger charge is -2.23. The Kier molecular flexibility index (Phi) is 5.24. The number of hydrogen-bond acceptors (Lipinski definition) is 5. The normalized spacial score (nSPS) is 15.1. The van der Waals surface area contributed by atoms with Crippen molar-refractivity contribution in [2.75, 3.05) is 16.0 Å². The molecule has 0 bridgehead atoms. The lowest BCUT2D eigenvalue weighted by molar-refractivity contribution is -0.123. The van der Waals surface area contributed by atoms with Gasteiger partial charge in [-0.1, -0.05) is 6.07 Å². The van der Waals surface area contributed by atoms with Gasteiger partial charge < -0.3 is 16.0 Å². The number of benzene rings is 2. The third kappa shape index (κ3) is 4.45. The standard InChI is InChI=1S/C22H20FN5O3/c1-11-7-12(2)9-15(8-11)24-20(30)16-10-17(29)26-19-18(16)21(31)28-22(27-19)25-14-5-3-13(23)4-6-14/h3-9,16H,10H2,1-2H3,(H,24,30)(H3,25,26,27,28,29,31)/t16-/m0/s1. The molecule has 0 saturated carbocycles. The van der Waals surface area contributed by atoms with Crippen LogP contribution in [0.15, 0.2) is 47.3 Å². The van der Waals surface area contributed by atoms with Crippen molar-refractivity contribution in [3.8, 4) is 0 Å². The van der Waals surface area contributed by atoms with Gasteiger partial charge in [-0.05, 0) is 61.4 Å². The van der Waals surface area contributed by atoms with Crippen molar-refractivity contribution in [2.24, 2.45) is 0 Å². The Morgan fingerprint density at radius 3 is 2.42 bits per heavy atom. The Hall–Kier alpha value is -4.01. The van der Waals surface area contributed by atoms with Gasteiger partial charge in [-0.25, -0.2) is 4.39 Å². The zero-order valence-corrected chi connectivity index (χ0v) is 16.9. The van der Waals surface area contributed by atoms with Crippen LogP contribution < -0.4 is 21.5 Å². The highest BCUT2D eigenvalue weighted by Gasteiger charge is 2.34. The van der Waals surface area contributed by atoms with Gasteiger partial charge in [-0.3, -0.25) is 19.4 Å². The molecule has 0 unspecified atom stereocenters. The van der Waals surface area contributed by atoms with Crippen LogP contribution in [0.25, 0.3) is 0 Å². The van der Waals surface area contributed by atoms with Gasteiger partial charge in [-0.2, -0.15) is 4.98 Å². The minimum Gasteiger partial charge on any atom is -0.326 e. The second-order valence-electron chi connectivity index (χ2n) is 7.48. The molecule has 3 aromatic rings. The zero-order valence-electron chi connectivity index (χ0n) is 16.9. The molecule has 2 aromatic carbocycles. The Bertz CT molecular complexity index is 1220. The predicted molar refractivity (Wildman–Crippen MR) is 115 cm³/mol. The highest BCUT2D eigenvalue weighted by Crippen LogP contribution is 2.30. The van der Waals surface area contributed by atoms with Crippen molar-refractivity contribution in [3.63, 3.8) is 0 Å². The number of amides is 2. The van der Waals surface area contributed by atoms with E-state index in [1.54, 1.807) is 0 Å². The predicted octanol–water partition coefficient (Wildman–Crippen LogP) is 3.33. The second-order valence-corrected chi connectivity index (χ2v) is 7.48. The number of fused-ring (bicyclic) bond motifs is 1. The monoisotopic (exact) mass is 421 g/mol. The maximum absolute atomic E-state index is 13.1. The van der Waals surface area contributed by atoms with E-state index in [0.29, 0.717) is 11.4 Å². The van der Waals surface area contributed by atoms with Crippen LogP contribution in [0.4, 0.5) is 27.5 Å². The maximum atomic E-state index is 13.1. The Morgan fingerprint density at radius 1 is 1.06 bits per heavy atom. The van der Waals surface area contributed by atoms with Crippen molar-refractivity contribution in [1.29, 1.82) is 0 Å². The first-order valence-electron chi connectivity index (χ1n) is 9.64. The molecule has 0 radical (unpaired) electrons. The topological polar surface area (TPSA) is 116 Å². The average Bonchev–Trinajstić information content (AvgIpc) is 2.68. The lowest BCUT2D eigenvalue weighted by Crippen LogP contribution is -2.36. The quantitative estimate of drug-likeness (QED) is 0.516. The Balaban J connectivity index is 1.64. The smallest absolute Gasteiger partial charge is 0.258 e. The summed E-state index contributed by atoms with van der Waals surface area (Å²) in [6, 6.07) is 11.1. The number of aryl methyl sites for hydroxylation is 2.